The lowest BCUT2D eigenvalue weighted by molar-refractivity contribution is 0.0526. The maximum absolute atomic E-state index is 11.4. The summed E-state index contributed by atoms with van der Waals surface area (Å²) < 4.78 is 6.15. The van der Waals surface area contributed by atoms with E-state index in [0.29, 0.717) is 18.0 Å². The highest BCUT2D eigenvalue weighted by molar-refractivity contribution is 6.25. The van der Waals surface area contributed by atoms with E-state index in [1.54, 1.807) is 26.0 Å². The molecule has 94 valence electrons. The number of aliphatic hydroxyl groups is 1. The van der Waals surface area contributed by atoms with Gasteiger partial charge in [-0.3, -0.25) is 4.42 Å². The van der Waals surface area contributed by atoms with Crippen LogP contribution >= 0.6 is 11.8 Å². The number of anilines is 1. The Balaban J connectivity index is 2.77. The molecule has 0 aliphatic carbocycles. The number of nitrogens with zero attached hydrogens (tertiary/aromatic N) is 2. The van der Waals surface area contributed by atoms with Crippen LogP contribution in [0.3, 0.4) is 0 Å². The molecule has 0 saturated carbocycles. The average Bonchev–Trinajstić information content (AvgIpc) is 2.37. The summed E-state index contributed by atoms with van der Waals surface area (Å²) in [7, 11) is 0. The Bertz CT molecular complexity index is 369. The first-order valence-corrected chi connectivity index (χ1v) is 5.63. The van der Waals surface area contributed by atoms with Crippen molar-refractivity contribution < 1.29 is 14.6 Å². The van der Waals surface area contributed by atoms with Crippen LogP contribution in [0.25, 0.3) is 0 Å². The van der Waals surface area contributed by atoms with Crippen molar-refractivity contribution in [1.29, 1.82) is 0 Å². The largest absolute Gasteiger partial charge is 0.462 e. The van der Waals surface area contributed by atoms with Crippen molar-refractivity contribution in [3.8, 4) is 0 Å². The first-order valence-electron chi connectivity index (χ1n) is 5.29. The second-order valence-corrected chi connectivity index (χ2v) is 3.83. The minimum absolute atomic E-state index is 0.0786. The van der Waals surface area contributed by atoms with Crippen LogP contribution in [-0.4, -0.2) is 35.3 Å². The number of esters is 1. The van der Waals surface area contributed by atoms with E-state index in [1.165, 1.54) is 10.6 Å². The van der Waals surface area contributed by atoms with Gasteiger partial charge in [0.2, 0.25) is 0 Å². The number of ether oxygens (including phenoxy) is 1. The van der Waals surface area contributed by atoms with E-state index in [2.05, 4.69) is 4.98 Å². The molecule has 1 heterocycles. The zero-order chi connectivity index (χ0) is 12.8. The molecule has 1 N–H and O–H groups in total. The van der Waals surface area contributed by atoms with Crippen molar-refractivity contribution in [3.05, 3.63) is 23.9 Å². The summed E-state index contributed by atoms with van der Waals surface area (Å²) >= 11 is 5.94. The maximum Gasteiger partial charge on any atom is 0.339 e. The molecule has 0 saturated heterocycles. The molecular weight excluding hydrogens is 244 g/mol. The van der Waals surface area contributed by atoms with Crippen LogP contribution in [0.2, 0.25) is 0 Å². The third kappa shape index (κ3) is 3.57. The van der Waals surface area contributed by atoms with E-state index in [0.717, 1.165) is 0 Å². The van der Waals surface area contributed by atoms with E-state index in [4.69, 9.17) is 21.6 Å². The number of hydrogen-bond acceptors (Lipinski definition) is 5. The van der Waals surface area contributed by atoms with Crippen molar-refractivity contribution >= 4 is 23.6 Å². The molecule has 0 fully saturated rings. The van der Waals surface area contributed by atoms with Crippen LogP contribution in [0, 0.1) is 0 Å². The number of carbonyl (C=O) groups is 1. The number of carbonyl (C=O) groups excluding carboxylic acids is 1. The molecule has 17 heavy (non-hydrogen) atoms. The normalized spacial score (nSPS) is 12.0. The lowest BCUT2D eigenvalue weighted by Crippen LogP contribution is -2.27. The summed E-state index contributed by atoms with van der Waals surface area (Å²) in [5.74, 6) is 0.0594. The van der Waals surface area contributed by atoms with Gasteiger partial charge in [0.1, 0.15) is 5.82 Å². The molecule has 0 spiro atoms. The molecule has 0 unspecified atom stereocenters. The quantitative estimate of drug-likeness (QED) is 0.642. The Labute approximate surface area is 105 Å². The molecule has 1 rings (SSSR count). The van der Waals surface area contributed by atoms with Crippen molar-refractivity contribution in [2.75, 3.05) is 17.6 Å². The van der Waals surface area contributed by atoms with Crippen LogP contribution in [0.4, 0.5) is 5.82 Å². The Morgan fingerprint density at radius 3 is 2.82 bits per heavy atom. The smallest absolute Gasteiger partial charge is 0.339 e. The second-order valence-electron chi connectivity index (χ2n) is 3.47. The third-order valence-electron chi connectivity index (χ3n) is 2.13. The fraction of sp³-hybridized carbons (Fsp3) is 0.455. The predicted octanol–water partition coefficient (Wildman–Crippen LogP) is 1.60. The fourth-order valence-electron chi connectivity index (χ4n) is 1.15. The average molecular weight is 259 g/mol. The second kappa shape index (κ2) is 6.42. The van der Waals surface area contributed by atoms with Gasteiger partial charge < -0.3 is 9.84 Å². The topological polar surface area (TPSA) is 62.7 Å². The zero-order valence-corrected chi connectivity index (χ0v) is 10.5. The monoisotopic (exact) mass is 258 g/mol. The van der Waals surface area contributed by atoms with Crippen molar-refractivity contribution in [2.45, 2.75) is 19.9 Å². The molecular formula is C11H15ClN2O3. The van der Waals surface area contributed by atoms with Gasteiger partial charge in [0.15, 0.2) is 0 Å². The lowest BCUT2D eigenvalue weighted by Gasteiger charge is -2.20. The number of rotatable bonds is 5. The molecule has 0 aliphatic heterocycles. The summed E-state index contributed by atoms with van der Waals surface area (Å²) in [6.07, 6.45) is 1.40. The first-order chi connectivity index (χ1) is 8.10. The summed E-state index contributed by atoms with van der Waals surface area (Å²) in [4.78, 5) is 15.4. The molecule has 0 aliphatic rings. The number of hydrogen-bond donors (Lipinski definition) is 1. The number of pyridine rings is 1. The number of halogens is 1. The molecule has 1 atom stereocenters. The van der Waals surface area contributed by atoms with Crippen LogP contribution in [0.1, 0.15) is 24.2 Å². The summed E-state index contributed by atoms with van der Waals surface area (Å²) in [6.45, 7) is 3.74. The Hall–Kier alpha value is -1.33. The zero-order valence-electron chi connectivity index (χ0n) is 9.76. The van der Waals surface area contributed by atoms with Gasteiger partial charge in [-0.15, -0.1) is 0 Å². The minimum Gasteiger partial charge on any atom is -0.462 e. The van der Waals surface area contributed by atoms with E-state index in [-0.39, 0.29) is 12.6 Å². The Kier molecular flexibility index (Phi) is 5.18. The van der Waals surface area contributed by atoms with E-state index >= 15 is 0 Å². The summed E-state index contributed by atoms with van der Waals surface area (Å²) in [6, 6.07) is 2.93. The molecule has 0 aromatic carbocycles. The van der Waals surface area contributed by atoms with E-state index in [1.807, 2.05) is 0 Å². The van der Waals surface area contributed by atoms with E-state index in [9.17, 15) is 4.79 Å². The van der Waals surface area contributed by atoms with Gasteiger partial charge >= 0.3 is 5.97 Å². The molecule has 1 aromatic rings. The van der Waals surface area contributed by atoms with Gasteiger partial charge in [-0.25, -0.2) is 9.78 Å². The van der Waals surface area contributed by atoms with Crippen molar-refractivity contribution in [2.24, 2.45) is 0 Å². The lowest BCUT2D eigenvalue weighted by atomic mass is 10.3. The van der Waals surface area contributed by atoms with Crippen LogP contribution in [-0.2, 0) is 4.74 Å². The predicted molar refractivity (Wildman–Crippen MR) is 65.1 cm³/mol. The van der Waals surface area contributed by atoms with Gasteiger partial charge in [0, 0.05) is 18.0 Å². The molecule has 0 bridgehead atoms. The highest BCUT2D eigenvalue weighted by Gasteiger charge is 2.13. The van der Waals surface area contributed by atoms with Gasteiger partial charge in [-0.1, -0.05) is 0 Å². The molecule has 0 radical (unpaired) electrons. The van der Waals surface area contributed by atoms with Crippen LogP contribution in [0.5, 0.6) is 0 Å². The van der Waals surface area contributed by atoms with Crippen LogP contribution in [0.15, 0.2) is 18.3 Å². The van der Waals surface area contributed by atoms with Gasteiger partial charge in [0.05, 0.1) is 24.8 Å². The summed E-state index contributed by atoms with van der Waals surface area (Å²) in [5, 5.41) is 8.95. The van der Waals surface area contributed by atoms with Crippen molar-refractivity contribution in [3.63, 3.8) is 0 Å². The first kappa shape index (κ1) is 13.7. The molecule has 0 amide bonds. The standard InChI is InChI=1S/C11H15ClN2O3/c1-3-17-11(16)9-4-5-10(13-6-9)14(12)8(2)7-15/h4-6,8,15H,3,7H2,1-2H3/t8-/m0/s1. The molecule has 5 nitrogen and oxygen atoms in total. The molecule has 6 heteroatoms. The highest BCUT2D eigenvalue weighted by atomic mass is 35.5. The van der Waals surface area contributed by atoms with Crippen LogP contribution < -0.4 is 4.42 Å². The molecule has 1 aromatic heterocycles. The summed E-state index contributed by atoms with van der Waals surface area (Å²) in [5.41, 5.74) is 0.373. The van der Waals surface area contributed by atoms with Crippen molar-refractivity contribution in [1.82, 2.24) is 4.98 Å². The van der Waals surface area contributed by atoms with Gasteiger partial charge in [-0.2, -0.15) is 0 Å². The Morgan fingerprint density at radius 1 is 1.65 bits per heavy atom. The van der Waals surface area contributed by atoms with E-state index < -0.39 is 5.97 Å². The Morgan fingerprint density at radius 2 is 2.35 bits per heavy atom. The van der Waals surface area contributed by atoms with Gasteiger partial charge in [0.25, 0.3) is 0 Å². The maximum atomic E-state index is 11.4. The number of aliphatic hydroxyl groups excluding tert-OH is 1. The number of aromatic nitrogens is 1. The fourth-order valence-corrected chi connectivity index (χ4v) is 1.31. The van der Waals surface area contributed by atoms with Gasteiger partial charge in [-0.05, 0) is 26.0 Å². The minimum atomic E-state index is -0.414. The SMILES string of the molecule is CCOC(=O)c1ccc(N(Cl)[C@@H](C)CO)nc1. The third-order valence-corrected chi connectivity index (χ3v) is 2.64. The highest BCUT2D eigenvalue weighted by Crippen LogP contribution is 2.17.